The number of halogens is 2. The van der Waals surface area contributed by atoms with E-state index in [1.54, 1.807) is 0 Å². The molecule has 0 radical (unpaired) electrons. The zero-order valence-electron chi connectivity index (χ0n) is 12.0. The molecular weight excluding hydrogens is 314 g/mol. The lowest BCUT2D eigenvalue weighted by molar-refractivity contribution is -0.0231. The molecule has 1 aliphatic heterocycles. The molecule has 7 nitrogen and oxygen atoms in total. The molecule has 2 aromatic heterocycles. The van der Waals surface area contributed by atoms with E-state index in [2.05, 4.69) is 9.97 Å². The minimum Gasteiger partial charge on any atom is -0.394 e. The summed E-state index contributed by atoms with van der Waals surface area (Å²) in [5.41, 5.74) is -0.986. The molecule has 0 aliphatic carbocycles. The number of nitrogens with zero attached hydrogens (tertiary/aromatic N) is 1. The SMILES string of the molecule is Cc1c(F)c(F)nc2[nH]c(=O)c([C@@H]3O[C@H](CO)C(O)C3O)cc12. The Morgan fingerprint density at radius 3 is 2.65 bits per heavy atom. The fourth-order valence-corrected chi connectivity index (χ4v) is 2.70. The molecule has 0 saturated carbocycles. The number of aliphatic hydroxyl groups excluding tert-OH is 3. The first kappa shape index (κ1) is 15.9. The number of hydrogen-bond donors (Lipinski definition) is 4. The summed E-state index contributed by atoms with van der Waals surface area (Å²) in [6.45, 7) is 0.780. The van der Waals surface area contributed by atoms with Gasteiger partial charge in [-0.1, -0.05) is 0 Å². The second kappa shape index (κ2) is 5.60. The minimum atomic E-state index is -1.44. The average Bonchev–Trinajstić information content (AvgIpc) is 2.80. The van der Waals surface area contributed by atoms with Crippen molar-refractivity contribution in [3.8, 4) is 0 Å². The number of aryl methyl sites for hydroxylation is 1. The summed E-state index contributed by atoms with van der Waals surface area (Å²) in [7, 11) is 0. The summed E-state index contributed by atoms with van der Waals surface area (Å²) in [5.74, 6) is -2.47. The standard InChI is InChI=1S/C14H14F2N2O5/c1-4-5-2-6(11-10(21)9(20)7(3-19)23-11)14(22)18-13(5)17-12(16)8(4)15/h2,7,9-11,19-21H,3H2,1H3,(H,17,18,22)/t7-,9?,10?,11+/m1/s1. The number of aliphatic hydroxyl groups is 3. The lowest BCUT2D eigenvalue weighted by Gasteiger charge is -2.15. The van der Waals surface area contributed by atoms with Gasteiger partial charge in [0.1, 0.15) is 30.1 Å². The van der Waals surface area contributed by atoms with Gasteiger partial charge in [0.25, 0.3) is 11.5 Å². The number of hydrogen-bond acceptors (Lipinski definition) is 6. The van der Waals surface area contributed by atoms with Crippen LogP contribution in [-0.2, 0) is 4.74 Å². The fraction of sp³-hybridized carbons (Fsp3) is 0.429. The van der Waals surface area contributed by atoms with Crippen molar-refractivity contribution in [2.45, 2.75) is 31.3 Å². The molecule has 0 aromatic carbocycles. The van der Waals surface area contributed by atoms with Crippen LogP contribution in [0, 0.1) is 18.7 Å². The molecule has 124 valence electrons. The van der Waals surface area contributed by atoms with Crippen LogP contribution in [0.15, 0.2) is 10.9 Å². The molecule has 1 aliphatic rings. The Hall–Kier alpha value is -1.94. The van der Waals surface area contributed by atoms with Crippen LogP contribution in [0.1, 0.15) is 17.2 Å². The Morgan fingerprint density at radius 2 is 2.04 bits per heavy atom. The van der Waals surface area contributed by atoms with E-state index in [0.717, 1.165) is 0 Å². The fourth-order valence-electron chi connectivity index (χ4n) is 2.70. The van der Waals surface area contributed by atoms with Crippen molar-refractivity contribution in [3.05, 3.63) is 39.3 Å². The molecular formula is C14H14F2N2O5. The maximum Gasteiger partial charge on any atom is 0.255 e. The summed E-state index contributed by atoms with van der Waals surface area (Å²) >= 11 is 0. The maximum atomic E-state index is 13.6. The lowest BCUT2D eigenvalue weighted by Crippen LogP contribution is -2.33. The summed E-state index contributed by atoms with van der Waals surface area (Å²) in [6.07, 6.45) is -5.06. The van der Waals surface area contributed by atoms with Crippen molar-refractivity contribution < 1.29 is 28.8 Å². The van der Waals surface area contributed by atoms with Crippen LogP contribution < -0.4 is 5.56 Å². The number of rotatable bonds is 2. The highest BCUT2D eigenvalue weighted by atomic mass is 19.2. The largest absolute Gasteiger partial charge is 0.394 e. The molecule has 0 spiro atoms. The molecule has 3 rings (SSSR count). The van der Waals surface area contributed by atoms with Crippen molar-refractivity contribution in [1.29, 1.82) is 0 Å². The first-order valence-electron chi connectivity index (χ1n) is 6.86. The van der Waals surface area contributed by atoms with Gasteiger partial charge in [-0.3, -0.25) is 4.79 Å². The lowest BCUT2D eigenvalue weighted by atomic mass is 10.0. The van der Waals surface area contributed by atoms with Gasteiger partial charge in [0, 0.05) is 16.5 Å². The Morgan fingerprint density at radius 1 is 1.35 bits per heavy atom. The van der Waals surface area contributed by atoms with Crippen molar-refractivity contribution in [2.24, 2.45) is 0 Å². The highest BCUT2D eigenvalue weighted by Crippen LogP contribution is 2.33. The van der Waals surface area contributed by atoms with Crippen LogP contribution >= 0.6 is 0 Å². The molecule has 0 bridgehead atoms. The van der Waals surface area contributed by atoms with E-state index >= 15 is 0 Å². The van der Waals surface area contributed by atoms with Crippen molar-refractivity contribution in [3.63, 3.8) is 0 Å². The van der Waals surface area contributed by atoms with Gasteiger partial charge in [-0.15, -0.1) is 0 Å². The van der Waals surface area contributed by atoms with Gasteiger partial charge in [0.2, 0.25) is 0 Å². The van der Waals surface area contributed by atoms with Crippen LogP contribution in [0.4, 0.5) is 8.78 Å². The summed E-state index contributed by atoms with van der Waals surface area (Å²) in [5, 5.41) is 29.0. The molecule has 4 N–H and O–H groups in total. The van der Waals surface area contributed by atoms with E-state index in [0.29, 0.717) is 0 Å². The summed E-state index contributed by atoms with van der Waals surface area (Å²) < 4.78 is 32.2. The smallest absolute Gasteiger partial charge is 0.255 e. The van der Waals surface area contributed by atoms with Gasteiger partial charge in [-0.05, 0) is 13.0 Å². The second-order valence-corrected chi connectivity index (χ2v) is 5.42. The third-order valence-electron chi connectivity index (χ3n) is 4.02. The number of ether oxygens (including phenoxy) is 1. The Bertz CT molecular complexity index is 825. The molecule has 9 heteroatoms. The molecule has 23 heavy (non-hydrogen) atoms. The van der Waals surface area contributed by atoms with Crippen LogP contribution in [0.5, 0.6) is 0 Å². The van der Waals surface area contributed by atoms with E-state index in [4.69, 9.17) is 9.84 Å². The molecule has 4 atom stereocenters. The number of nitrogens with one attached hydrogen (secondary N) is 1. The van der Waals surface area contributed by atoms with E-state index in [1.807, 2.05) is 0 Å². The van der Waals surface area contributed by atoms with Crippen molar-refractivity contribution >= 4 is 11.0 Å². The Labute approximate surface area is 128 Å². The zero-order valence-corrected chi connectivity index (χ0v) is 12.0. The van der Waals surface area contributed by atoms with Crippen LogP contribution in [-0.4, -0.2) is 50.2 Å². The van der Waals surface area contributed by atoms with E-state index in [1.165, 1.54) is 13.0 Å². The van der Waals surface area contributed by atoms with Gasteiger partial charge in [0.15, 0.2) is 5.82 Å². The van der Waals surface area contributed by atoms with E-state index in [-0.39, 0.29) is 22.2 Å². The van der Waals surface area contributed by atoms with Crippen molar-refractivity contribution in [1.82, 2.24) is 9.97 Å². The second-order valence-electron chi connectivity index (χ2n) is 5.42. The highest BCUT2D eigenvalue weighted by Gasteiger charge is 2.44. The highest BCUT2D eigenvalue weighted by molar-refractivity contribution is 5.79. The minimum absolute atomic E-state index is 0.0586. The average molecular weight is 328 g/mol. The Balaban J connectivity index is 2.16. The monoisotopic (exact) mass is 328 g/mol. The predicted molar refractivity (Wildman–Crippen MR) is 73.7 cm³/mol. The van der Waals surface area contributed by atoms with Gasteiger partial charge in [-0.2, -0.15) is 9.37 Å². The van der Waals surface area contributed by atoms with Crippen LogP contribution in [0.25, 0.3) is 11.0 Å². The van der Waals surface area contributed by atoms with Gasteiger partial charge >= 0.3 is 0 Å². The van der Waals surface area contributed by atoms with Gasteiger partial charge in [-0.25, -0.2) is 4.39 Å². The third-order valence-corrected chi connectivity index (χ3v) is 4.02. The zero-order chi connectivity index (χ0) is 16.9. The van der Waals surface area contributed by atoms with Gasteiger partial charge in [0.05, 0.1) is 6.61 Å². The number of pyridine rings is 2. The number of H-pyrrole nitrogens is 1. The molecule has 1 saturated heterocycles. The van der Waals surface area contributed by atoms with Gasteiger partial charge < -0.3 is 25.0 Å². The molecule has 2 unspecified atom stereocenters. The maximum absolute atomic E-state index is 13.6. The van der Waals surface area contributed by atoms with Crippen LogP contribution in [0.3, 0.4) is 0 Å². The topological polar surface area (TPSA) is 116 Å². The van der Waals surface area contributed by atoms with E-state index in [9.17, 15) is 23.8 Å². The quantitative estimate of drug-likeness (QED) is 0.561. The van der Waals surface area contributed by atoms with Crippen molar-refractivity contribution in [2.75, 3.05) is 6.61 Å². The first-order chi connectivity index (χ1) is 10.8. The molecule has 0 amide bonds. The summed E-state index contributed by atoms with van der Waals surface area (Å²) in [6, 6.07) is 1.24. The van der Waals surface area contributed by atoms with E-state index < -0.39 is 48.3 Å². The molecule has 3 heterocycles. The predicted octanol–water partition coefficient (Wildman–Crippen LogP) is -0.336. The number of aromatic amines is 1. The first-order valence-corrected chi connectivity index (χ1v) is 6.86. The number of aromatic nitrogens is 2. The Kier molecular flexibility index (Phi) is 3.88. The normalized spacial score (nSPS) is 27.7. The summed E-state index contributed by atoms with van der Waals surface area (Å²) in [4.78, 5) is 17.8. The number of fused-ring (bicyclic) bond motifs is 1. The molecule has 2 aromatic rings. The molecule has 1 fully saturated rings. The van der Waals surface area contributed by atoms with Crippen LogP contribution in [0.2, 0.25) is 0 Å². The third kappa shape index (κ3) is 2.41.